The molecule has 0 unspecified atom stereocenters. The molecule has 0 N–H and O–H groups in total. The first kappa shape index (κ1) is 15.8. The summed E-state index contributed by atoms with van der Waals surface area (Å²) < 4.78 is 32.0. The van der Waals surface area contributed by atoms with E-state index in [1.54, 1.807) is 0 Å². The molecule has 3 rings (SSSR count). The fourth-order valence-corrected chi connectivity index (χ4v) is 2.80. The lowest BCUT2D eigenvalue weighted by Crippen LogP contribution is -2.22. The molecule has 7 heteroatoms. The Balaban J connectivity index is 1.73. The molecule has 0 saturated carbocycles. The first-order chi connectivity index (χ1) is 11.0. The van der Waals surface area contributed by atoms with Crippen molar-refractivity contribution >= 4 is 11.3 Å². The molecule has 1 atom stereocenters. The summed E-state index contributed by atoms with van der Waals surface area (Å²) in [5, 5.41) is 5.91. The summed E-state index contributed by atoms with van der Waals surface area (Å²) in [5.74, 6) is -0.144. The van der Waals surface area contributed by atoms with Crippen LogP contribution in [0.4, 0.5) is 8.78 Å². The predicted octanol–water partition coefficient (Wildman–Crippen LogP) is 4.27. The molecule has 0 bridgehead atoms. The maximum Gasteiger partial charge on any atom is 0.244 e. The van der Waals surface area contributed by atoms with Crippen LogP contribution in [0.5, 0.6) is 0 Å². The van der Waals surface area contributed by atoms with Crippen LogP contribution in [0.15, 0.2) is 40.2 Å². The molecule has 0 fully saturated rings. The fraction of sp³-hybridized carbons (Fsp3) is 0.250. The zero-order valence-corrected chi connectivity index (χ0v) is 13.5. The number of rotatable bonds is 5. The summed E-state index contributed by atoms with van der Waals surface area (Å²) >= 11 is 1.53. The molecule has 1 aromatic carbocycles. The minimum absolute atomic E-state index is 0.194. The van der Waals surface area contributed by atoms with Crippen LogP contribution in [0, 0.1) is 11.6 Å². The third-order valence-corrected chi connectivity index (χ3v) is 4.50. The van der Waals surface area contributed by atoms with Gasteiger partial charge in [-0.2, -0.15) is 4.98 Å². The number of halogens is 2. The van der Waals surface area contributed by atoms with Crippen LogP contribution in [0.1, 0.15) is 24.4 Å². The SMILES string of the molecule is C[C@@H](c1nc(-c2cccs2)no1)N(C)Cc1ccc(F)cc1F. The largest absolute Gasteiger partial charge is 0.337 e. The van der Waals surface area contributed by atoms with Gasteiger partial charge in [0, 0.05) is 18.2 Å². The zero-order chi connectivity index (χ0) is 16.4. The Morgan fingerprint density at radius 2 is 2.13 bits per heavy atom. The van der Waals surface area contributed by atoms with Crippen LogP contribution >= 0.6 is 11.3 Å². The van der Waals surface area contributed by atoms with Crippen LogP contribution in [0.3, 0.4) is 0 Å². The van der Waals surface area contributed by atoms with E-state index in [-0.39, 0.29) is 6.04 Å². The van der Waals surface area contributed by atoms with E-state index in [1.807, 2.05) is 36.4 Å². The first-order valence-corrected chi connectivity index (χ1v) is 7.94. The number of benzene rings is 1. The van der Waals surface area contributed by atoms with Crippen LogP contribution in [-0.4, -0.2) is 22.1 Å². The standard InChI is InChI=1S/C16H15F2N3OS/c1-10(16-19-15(20-22-16)14-4-3-7-23-14)21(2)9-11-5-6-12(17)8-13(11)18/h3-8,10H,9H2,1-2H3/t10-/m0/s1. The first-order valence-electron chi connectivity index (χ1n) is 7.06. The van der Waals surface area contributed by atoms with Crippen molar-refractivity contribution in [1.29, 1.82) is 0 Å². The predicted molar refractivity (Wildman–Crippen MR) is 83.9 cm³/mol. The zero-order valence-electron chi connectivity index (χ0n) is 12.7. The molecule has 3 aromatic rings. The van der Waals surface area contributed by atoms with Gasteiger partial charge in [-0.1, -0.05) is 17.3 Å². The number of nitrogens with zero attached hydrogens (tertiary/aromatic N) is 3. The Kier molecular flexibility index (Phi) is 4.49. The second-order valence-corrected chi connectivity index (χ2v) is 6.21. The van der Waals surface area contributed by atoms with Gasteiger partial charge in [-0.15, -0.1) is 11.3 Å². The number of hydrogen-bond acceptors (Lipinski definition) is 5. The van der Waals surface area contributed by atoms with Crippen LogP contribution in [-0.2, 0) is 6.54 Å². The summed E-state index contributed by atoms with van der Waals surface area (Å²) in [7, 11) is 1.82. The molecule has 0 radical (unpaired) electrons. The van der Waals surface area contributed by atoms with Gasteiger partial charge in [0.1, 0.15) is 11.6 Å². The van der Waals surface area contributed by atoms with Gasteiger partial charge in [0.25, 0.3) is 0 Å². The second kappa shape index (κ2) is 6.55. The van der Waals surface area contributed by atoms with Gasteiger partial charge < -0.3 is 4.52 Å². The second-order valence-electron chi connectivity index (χ2n) is 5.26. The molecule has 0 aliphatic carbocycles. The van der Waals surface area contributed by atoms with E-state index in [9.17, 15) is 8.78 Å². The molecule has 0 aliphatic heterocycles. The monoisotopic (exact) mass is 335 g/mol. The van der Waals surface area contributed by atoms with Crippen molar-refractivity contribution in [3.63, 3.8) is 0 Å². The highest BCUT2D eigenvalue weighted by atomic mass is 32.1. The number of hydrogen-bond donors (Lipinski definition) is 0. The van der Waals surface area contributed by atoms with Crippen molar-refractivity contribution in [2.45, 2.75) is 19.5 Å². The van der Waals surface area contributed by atoms with Gasteiger partial charge in [0.05, 0.1) is 10.9 Å². The Bertz CT molecular complexity index is 788. The lowest BCUT2D eigenvalue weighted by Gasteiger charge is -2.21. The van der Waals surface area contributed by atoms with Gasteiger partial charge in [-0.05, 0) is 31.5 Å². The number of thiophene rings is 1. The van der Waals surface area contributed by atoms with Gasteiger partial charge in [-0.25, -0.2) is 8.78 Å². The van der Waals surface area contributed by atoms with Gasteiger partial charge in [0.2, 0.25) is 11.7 Å². The van der Waals surface area contributed by atoms with E-state index in [4.69, 9.17) is 4.52 Å². The average Bonchev–Trinajstić information content (AvgIpc) is 3.19. The molecule has 0 amide bonds. The van der Waals surface area contributed by atoms with E-state index in [1.165, 1.54) is 23.5 Å². The topological polar surface area (TPSA) is 42.2 Å². The minimum atomic E-state index is -0.584. The molecular weight excluding hydrogens is 320 g/mol. The van der Waals surface area contributed by atoms with E-state index < -0.39 is 11.6 Å². The molecule has 4 nitrogen and oxygen atoms in total. The highest BCUT2D eigenvalue weighted by Crippen LogP contribution is 2.25. The van der Waals surface area contributed by atoms with Crippen molar-refractivity contribution in [2.75, 3.05) is 7.05 Å². The van der Waals surface area contributed by atoms with E-state index in [0.29, 0.717) is 23.8 Å². The normalized spacial score (nSPS) is 12.7. The molecule has 23 heavy (non-hydrogen) atoms. The molecule has 2 aromatic heterocycles. The van der Waals surface area contributed by atoms with E-state index in [0.717, 1.165) is 10.9 Å². The molecule has 120 valence electrons. The highest BCUT2D eigenvalue weighted by Gasteiger charge is 2.20. The van der Waals surface area contributed by atoms with Crippen molar-refractivity contribution in [3.8, 4) is 10.7 Å². The van der Waals surface area contributed by atoms with Gasteiger partial charge in [-0.3, -0.25) is 4.90 Å². The highest BCUT2D eigenvalue weighted by molar-refractivity contribution is 7.13. The van der Waals surface area contributed by atoms with E-state index in [2.05, 4.69) is 10.1 Å². The van der Waals surface area contributed by atoms with Crippen LogP contribution in [0.2, 0.25) is 0 Å². The smallest absolute Gasteiger partial charge is 0.244 e. The van der Waals surface area contributed by atoms with Gasteiger partial charge in [0.15, 0.2) is 0 Å². The van der Waals surface area contributed by atoms with Crippen molar-refractivity contribution in [1.82, 2.24) is 15.0 Å². The van der Waals surface area contributed by atoms with Crippen LogP contribution < -0.4 is 0 Å². The third kappa shape index (κ3) is 3.46. The molecule has 0 spiro atoms. The third-order valence-electron chi connectivity index (χ3n) is 3.64. The molecule has 2 heterocycles. The molecular formula is C16H15F2N3OS. The van der Waals surface area contributed by atoms with Crippen molar-refractivity contribution < 1.29 is 13.3 Å². The quantitative estimate of drug-likeness (QED) is 0.698. The maximum absolute atomic E-state index is 13.7. The Morgan fingerprint density at radius 1 is 1.30 bits per heavy atom. The Hall–Kier alpha value is -2.12. The van der Waals surface area contributed by atoms with Crippen molar-refractivity contribution in [3.05, 3.63) is 58.8 Å². The summed E-state index contributed by atoms with van der Waals surface area (Å²) in [6.07, 6.45) is 0. The maximum atomic E-state index is 13.7. The molecule has 0 aliphatic rings. The van der Waals surface area contributed by atoms with E-state index >= 15 is 0 Å². The Morgan fingerprint density at radius 3 is 2.83 bits per heavy atom. The average molecular weight is 335 g/mol. The fourth-order valence-electron chi connectivity index (χ4n) is 2.15. The van der Waals surface area contributed by atoms with Crippen molar-refractivity contribution in [2.24, 2.45) is 0 Å². The summed E-state index contributed by atoms with van der Waals surface area (Å²) in [4.78, 5) is 7.18. The minimum Gasteiger partial charge on any atom is -0.337 e. The lowest BCUT2D eigenvalue weighted by molar-refractivity contribution is 0.200. The van der Waals surface area contributed by atoms with Crippen LogP contribution in [0.25, 0.3) is 10.7 Å². The Labute approximate surface area is 136 Å². The summed E-state index contributed by atoms with van der Waals surface area (Å²) in [6.45, 7) is 2.21. The summed E-state index contributed by atoms with van der Waals surface area (Å²) in [6, 6.07) is 7.22. The number of aromatic nitrogens is 2. The summed E-state index contributed by atoms with van der Waals surface area (Å²) in [5.41, 5.74) is 0.416. The van der Waals surface area contributed by atoms with Gasteiger partial charge >= 0.3 is 0 Å². The molecule has 0 saturated heterocycles. The lowest BCUT2D eigenvalue weighted by atomic mass is 10.1.